The first kappa shape index (κ1) is 22.8. The summed E-state index contributed by atoms with van der Waals surface area (Å²) >= 11 is 10.8. The van der Waals surface area contributed by atoms with Gasteiger partial charge in [0.25, 0.3) is 5.78 Å². The maximum absolute atomic E-state index is 13.3. The van der Waals surface area contributed by atoms with E-state index in [2.05, 4.69) is 33.9 Å². The lowest BCUT2D eigenvalue weighted by molar-refractivity contribution is -0.132. The Kier molecular flexibility index (Phi) is 6.02. The number of aryl methyl sites for hydroxylation is 1. The predicted octanol–water partition coefficient (Wildman–Crippen LogP) is 6.90. The SMILES string of the molecule is CCc1ccc2nc(N3C(=O)C(=O)C(=C(O)c4ccc(Cl)cc4)[C@@H]3c3cccc(Br)c3)sc2c1. The van der Waals surface area contributed by atoms with Gasteiger partial charge in [0, 0.05) is 15.1 Å². The third-order valence-corrected chi connectivity index (χ3v) is 7.55. The summed E-state index contributed by atoms with van der Waals surface area (Å²) in [4.78, 5) is 32.7. The Morgan fingerprint density at radius 2 is 1.88 bits per heavy atom. The molecule has 5 nitrogen and oxygen atoms in total. The fourth-order valence-electron chi connectivity index (χ4n) is 4.06. The van der Waals surface area contributed by atoms with E-state index < -0.39 is 17.7 Å². The molecule has 0 aliphatic carbocycles. The molecule has 0 bridgehead atoms. The topological polar surface area (TPSA) is 70.5 Å². The van der Waals surface area contributed by atoms with Crippen molar-refractivity contribution in [2.45, 2.75) is 19.4 Å². The number of amides is 1. The predicted molar refractivity (Wildman–Crippen MR) is 139 cm³/mol. The van der Waals surface area contributed by atoms with Gasteiger partial charge in [0.1, 0.15) is 5.76 Å². The van der Waals surface area contributed by atoms with Crippen molar-refractivity contribution in [1.82, 2.24) is 4.98 Å². The number of nitrogens with zero attached hydrogens (tertiary/aromatic N) is 2. The molecule has 0 unspecified atom stereocenters. The number of halogens is 2. The van der Waals surface area contributed by atoms with Crippen molar-refractivity contribution in [3.8, 4) is 0 Å². The molecule has 1 N–H and O–H groups in total. The molecule has 1 saturated heterocycles. The zero-order chi connectivity index (χ0) is 24.0. The fourth-order valence-corrected chi connectivity index (χ4v) is 5.66. The Labute approximate surface area is 213 Å². The van der Waals surface area contributed by atoms with Crippen LogP contribution in [-0.4, -0.2) is 21.8 Å². The van der Waals surface area contributed by atoms with E-state index in [1.807, 2.05) is 36.4 Å². The van der Waals surface area contributed by atoms with Crippen molar-refractivity contribution in [1.29, 1.82) is 0 Å². The molecule has 1 aromatic heterocycles. The molecule has 1 aliphatic heterocycles. The Balaban J connectivity index is 1.72. The number of benzene rings is 3. The number of anilines is 1. The number of carbonyl (C=O) groups excluding carboxylic acids is 2. The standard InChI is InChI=1S/C26H18BrClN2O3S/c1-2-14-6-11-19-20(12-14)34-26(29-19)30-22(16-4-3-5-17(27)13-16)21(24(32)25(30)33)23(31)15-7-9-18(28)10-8-15/h3-13,22,31H,2H2,1H3/t22-/m0/s1. The van der Waals surface area contributed by atoms with Crippen LogP contribution >= 0.6 is 38.9 Å². The molecule has 8 heteroatoms. The van der Waals surface area contributed by atoms with Crippen molar-refractivity contribution in [3.05, 3.63) is 98.5 Å². The number of aliphatic hydroxyl groups is 1. The maximum Gasteiger partial charge on any atom is 0.301 e. The molecular weight excluding hydrogens is 536 g/mol. The lowest BCUT2D eigenvalue weighted by Gasteiger charge is -2.23. The molecule has 1 atom stereocenters. The number of aromatic nitrogens is 1. The molecule has 1 aliphatic rings. The van der Waals surface area contributed by atoms with Gasteiger partial charge in [-0.3, -0.25) is 14.5 Å². The molecule has 1 amide bonds. The van der Waals surface area contributed by atoms with Crippen LogP contribution in [0, 0.1) is 0 Å². The van der Waals surface area contributed by atoms with Gasteiger partial charge < -0.3 is 5.11 Å². The largest absolute Gasteiger partial charge is 0.507 e. The second-order valence-corrected chi connectivity index (χ2v) is 10.2. The molecular formula is C26H18BrClN2O3S. The summed E-state index contributed by atoms with van der Waals surface area (Å²) < 4.78 is 1.72. The van der Waals surface area contributed by atoms with Crippen LogP contribution in [0.4, 0.5) is 5.13 Å². The zero-order valence-electron chi connectivity index (χ0n) is 18.0. The second kappa shape index (κ2) is 8.98. The van der Waals surface area contributed by atoms with Crippen molar-refractivity contribution < 1.29 is 14.7 Å². The number of ketones is 1. The first-order valence-electron chi connectivity index (χ1n) is 10.6. The smallest absolute Gasteiger partial charge is 0.301 e. The first-order chi connectivity index (χ1) is 16.4. The Morgan fingerprint density at radius 3 is 2.59 bits per heavy atom. The summed E-state index contributed by atoms with van der Waals surface area (Å²) in [5.41, 5.74) is 3.01. The monoisotopic (exact) mass is 552 g/mol. The van der Waals surface area contributed by atoms with Gasteiger partial charge in [0.2, 0.25) is 0 Å². The Hall–Kier alpha value is -3.00. The number of fused-ring (bicyclic) bond motifs is 1. The van der Waals surface area contributed by atoms with Gasteiger partial charge >= 0.3 is 5.91 Å². The molecule has 0 radical (unpaired) electrons. The highest BCUT2D eigenvalue weighted by Crippen LogP contribution is 2.44. The van der Waals surface area contributed by atoms with E-state index in [-0.39, 0.29) is 11.3 Å². The summed E-state index contributed by atoms with van der Waals surface area (Å²) in [7, 11) is 0. The summed E-state index contributed by atoms with van der Waals surface area (Å²) in [6.07, 6.45) is 0.882. The van der Waals surface area contributed by atoms with E-state index in [9.17, 15) is 14.7 Å². The lowest BCUT2D eigenvalue weighted by atomic mass is 9.95. The number of hydrogen-bond donors (Lipinski definition) is 1. The number of hydrogen-bond acceptors (Lipinski definition) is 5. The van der Waals surface area contributed by atoms with Crippen molar-refractivity contribution >= 4 is 71.7 Å². The third kappa shape index (κ3) is 3.94. The molecule has 34 heavy (non-hydrogen) atoms. The minimum absolute atomic E-state index is 0.0129. The van der Waals surface area contributed by atoms with Crippen LogP contribution in [0.25, 0.3) is 16.0 Å². The molecule has 0 saturated carbocycles. The lowest BCUT2D eigenvalue weighted by Crippen LogP contribution is -2.29. The molecule has 170 valence electrons. The number of Topliss-reactive ketones (excluding diaryl/α,β-unsaturated/α-hetero) is 1. The van der Waals surface area contributed by atoms with E-state index >= 15 is 0 Å². The summed E-state index contributed by atoms with van der Waals surface area (Å²) in [5, 5.41) is 12.1. The van der Waals surface area contributed by atoms with E-state index in [4.69, 9.17) is 11.6 Å². The number of thiazole rings is 1. The van der Waals surface area contributed by atoms with Crippen LogP contribution in [0.3, 0.4) is 0 Å². The average molecular weight is 554 g/mol. The van der Waals surface area contributed by atoms with E-state index in [1.165, 1.54) is 16.2 Å². The van der Waals surface area contributed by atoms with Crippen LogP contribution < -0.4 is 4.90 Å². The summed E-state index contributed by atoms with van der Waals surface area (Å²) in [6, 6.07) is 19.0. The van der Waals surface area contributed by atoms with E-state index in [0.29, 0.717) is 21.3 Å². The van der Waals surface area contributed by atoms with Gasteiger partial charge in [-0.15, -0.1) is 0 Å². The normalized spacial score (nSPS) is 17.6. The van der Waals surface area contributed by atoms with Gasteiger partial charge in [-0.05, 0) is 66.1 Å². The molecule has 2 heterocycles. The molecule has 4 aromatic rings. The zero-order valence-corrected chi connectivity index (χ0v) is 21.1. The van der Waals surface area contributed by atoms with Gasteiger partial charge in [-0.25, -0.2) is 4.98 Å². The highest BCUT2D eigenvalue weighted by atomic mass is 79.9. The van der Waals surface area contributed by atoms with E-state index in [1.54, 1.807) is 24.3 Å². The van der Waals surface area contributed by atoms with Crippen molar-refractivity contribution in [3.63, 3.8) is 0 Å². The van der Waals surface area contributed by atoms with Crippen LogP contribution in [0.5, 0.6) is 0 Å². The number of aliphatic hydroxyl groups excluding tert-OH is 1. The molecule has 1 fully saturated rings. The molecule has 3 aromatic carbocycles. The van der Waals surface area contributed by atoms with Crippen molar-refractivity contribution in [2.24, 2.45) is 0 Å². The van der Waals surface area contributed by atoms with Gasteiger partial charge in [0.15, 0.2) is 5.13 Å². The summed E-state index contributed by atoms with van der Waals surface area (Å²) in [5.74, 6) is -1.74. The first-order valence-corrected chi connectivity index (χ1v) is 12.6. The Bertz CT molecular complexity index is 1480. The second-order valence-electron chi connectivity index (χ2n) is 7.88. The third-order valence-electron chi connectivity index (χ3n) is 5.78. The minimum atomic E-state index is -0.834. The van der Waals surface area contributed by atoms with Gasteiger partial charge in [-0.1, -0.05) is 64.0 Å². The highest BCUT2D eigenvalue weighted by Gasteiger charge is 2.48. The summed E-state index contributed by atoms with van der Waals surface area (Å²) in [6.45, 7) is 2.08. The van der Waals surface area contributed by atoms with E-state index in [0.717, 1.165) is 26.7 Å². The highest BCUT2D eigenvalue weighted by molar-refractivity contribution is 9.10. The van der Waals surface area contributed by atoms with Gasteiger partial charge in [0.05, 0.1) is 21.8 Å². The Morgan fingerprint density at radius 1 is 1.12 bits per heavy atom. The van der Waals surface area contributed by atoms with Crippen LogP contribution in [0.2, 0.25) is 5.02 Å². The van der Waals surface area contributed by atoms with Crippen LogP contribution in [-0.2, 0) is 16.0 Å². The van der Waals surface area contributed by atoms with Gasteiger partial charge in [-0.2, -0.15) is 0 Å². The number of carbonyl (C=O) groups is 2. The minimum Gasteiger partial charge on any atom is -0.507 e. The molecule has 0 spiro atoms. The average Bonchev–Trinajstić information content (AvgIpc) is 3.36. The van der Waals surface area contributed by atoms with Crippen LogP contribution in [0.15, 0.2) is 76.8 Å². The fraction of sp³-hybridized carbons (Fsp3) is 0.115. The molecule has 5 rings (SSSR count). The maximum atomic E-state index is 13.3. The number of rotatable bonds is 4. The van der Waals surface area contributed by atoms with Crippen LogP contribution in [0.1, 0.15) is 29.7 Å². The quantitative estimate of drug-likeness (QED) is 0.169. The van der Waals surface area contributed by atoms with Crippen molar-refractivity contribution in [2.75, 3.05) is 4.90 Å².